The zero-order valence-electron chi connectivity index (χ0n) is 23.2. The largest absolute Gasteiger partial charge is 0.406 e. The number of benzene rings is 1. The SMILES string of the molecule is CCn1nccc1C(=O)NC(C(=O)Nc1ccc(CC(=O)N(CC2CC2)CC(F)(F)F)cc1F)C1CCCCCC1. The van der Waals surface area contributed by atoms with Crippen LogP contribution in [0, 0.1) is 17.7 Å². The highest BCUT2D eigenvalue weighted by Gasteiger charge is 2.36. The van der Waals surface area contributed by atoms with Crippen LogP contribution >= 0.6 is 0 Å². The maximum atomic E-state index is 15.1. The van der Waals surface area contributed by atoms with Gasteiger partial charge in [0.25, 0.3) is 5.91 Å². The Morgan fingerprint density at radius 3 is 2.39 bits per heavy atom. The van der Waals surface area contributed by atoms with Gasteiger partial charge in [-0.2, -0.15) is 18.3 Å². The highest BCUT2D eigenvalue weighted by atomic mass is 19.4. The van der Waals surface area contributed by atoms with E-state index in [1.165, 1.54) is 23.0 Å². The van der Waals surface area contributed by atoms with Gasteiger partial charge in [-0.3, -0.25) is 19.1 Å². The summed E-state index contributed by atoms with van der Waals surface area (Å²) in [6.45, 7) is 1.01. The van der Waals surface area contributed by atoms with Crippen molar-refractivity contribution < 1.29 is 31.9 Å². The second kappa shape index (κ2) is 13.5. The van der Waals surface area contributed by atoms with Crippen molar-refractivity contribution in [3.63, 3.8) is 0 Å². The van der Waals surface area contributed by atoms with Crippen LogP contribution < -0.4 is 10.6 Å². The van der Waals surface area contributed by atoms with E-state index in [0.29, 0.717) is 12.2 Å². The Bertz CT molecular complexity index is 1220. The van der Waals surface area contributed by atoms with Gasteiger partial charge in [0.15, 0.2) is 0 Å². The second-order valence-electron chi connectivity index (χ2n) is 11.0. The molecule has 4 rings (SSSR count). The number of nitrogens with one attached hydrogen (secondary N) is 2. The number of carbonyl (C=O) groups excluding carboxylic acids is 3. The van der Waals surface area contributed by atoms with Gasteiger partial charge in [-0.25, -0.2) is 4.39 Å². The molecular weight excluding hydrogens is 542 g/mol. The number of hydrogen-bond acceptors (Lipinski definition) is 4. The van der Waals surface area contributed by atoms with Crippen molar-refractivity contribution >= 4 is 23.4 Å². The lowest BCUT2D eigenvalue weighted by Gasteiger charge is -2.26. The lowest BCUT2D eigenvalue weighted by atomic mass is 9.91. The van der Waals surface area contributed by atoms with Crippen molar-refractivity contribution in [2.45, 2.75) is 83.5 Å². The number of halogens is 4. The molecule has 2 saturated carbocycles. The quantitative estimate of drug-likeness (QED) is 0.286. The predicted molar refractivity (Wildman–Crippen MR) is 144 cm³/mol. The van der Waals surface area contributed by atoms with E-state index in [1.54, 1.807) is 6.07 Å². The monoisotopic (exact) mass is 579 g/mol. The Morgan fingerprint density at radius 1 is 1.07 bits per heavy atom. The summed E-state index contributed by atoms with van der Waals surface area (Å²) in [5, 5.41) is 9.54. The number of anilines is 1. The van der Waals surface area contributed by atoms with Crippen LogP contribution in [0.15, 0.2) is 30.5 Å². The van der Waals surface area contributed by atoms with E-state index in [1.807, 2.05) is 6.92 Å². The fourth-order valence-electron chi connectivity index (χ4n) is 5.38. The third kappa shape index (κ3) is 8.77. The van der Waals surface area contributed by atoms with Gasteiger partial charge in [0.2, 0.25) is 11.8 Å². The van der Waals surface area contributed by atoms with Gasteiger partial charge in [0, 0.05) is 19.3 Å². The van der Waals surface area contributed by atoms with Crippen LogP contribution in [0.25, 0.3) is 0 Å². The van der Waals surface area contributed by atoms with E-state index >= 15 is 4.39 Å². The van der Waals surface area contributed by atoms with Gasteiger partial charge >= 0.3 is 6.18 Å². The summed E-state index contributed by atoms with van der Waals surface area (Å²) in [7, 11) is 0. The van der Waals surface area contributed by atoms with Gasteiger partial charge in [-0.05, 0) is 68.2 Å². The molecule has 224 valence electrons. The topological polar surface area (TPSA) is 96.3 Å². The number of hydrogen-bond donors (Lipinski definition) is 2. The lowest BCUT2D eigenvalue weighted by molar-refractivity contribution is -0.161. The molecule has 1 heterocycles. The molecule has 2 aliphatic carbocycles. The summed E-state index contributed by atoms with van der Waals surface area (Å²) in [6, 6.07) is 4.43. The van der Waals surface area contributed by atoms with E-state index in [0.717, 1.165) is 62.3 Å². The van der Waals surface area contributed by atoms with Gasteiger partial charge in [0.05, 0.1) is 12.1 Å². The summed E-state index contributed by atoms with van der Waals surface area (Å²) < 4.78 is 55.6. The molecule has 2 aromatic rings. The number of aromatic nitrogens is 2. The van der Waals surface area contributed by atoms with Crippen LogP contribution in [0.2, 0.25) is 0 Å². The van der Waals surface area contributed by atoms with Crippen LogP contribution in [-0.2, 0) is 22.6 Å². The molecule has 1 unspecified atom stereocenters. The summed E-state index contributed by atoms with van der Waals surface area (Å²) in [4.78, 5) is 40.0. The normalized spacial score (nSPS) is 17.0. The fourth-order valence-corrected chi connectivity index (χ4v) is 5.38. The molecule has 3 amide bonds. The van der Waals surface area contributed by atoms with Crippen LogP contribution in [0.1, 0.15) is 74.3 Å². The maximum Gasteiger partial charge on any atom is 0.406 e. The fraction of sp³-hybridized carbons (Fsp3) is 0.586. The van der Waals surface area contributed by atoms with E-state index in [9.17, 15) is 27.6 Å². The molecule has 8 nitrogen and oxygen atoms in total. The zero-order valence-corrected chi connectivity index (χ0v) is 23.2. The predicted octanol–water partition coefficient (Wildman–Crippen LogP) is 5.09. The molecule has 0 radical (unpaired) electrons. The van der Waals surface area contributed by atoms with E-state index in [4.69, 9.17) is 0 Å². The molecule has 2 aliphatic rings. The molecule has 12 heteroatoms. The summed E-state index contributed by atoms with van der Waals surface area (Å²) in [5.41, 5.74) is 0.387. The molecule has 0 bridgehead atoms. The smallest absolute Gasteiger partial charge is 0.339 e. The molecule has 1 aromatic carbocycles. The molecule has 2 fully saturated rings. The van der Waals surface area contributed by atoms with Crippen molar-refractivity contribution in [3.8, 4) is 0 Å². The third-order valence-electron chi connectivity index (χ3n) is 7.73. The molecule has 1 aromatic heterocycles. The average Bonchev–Trinajstić information content (AvgIpc) is 3.67. The van der Waals surface area contributed by atoms with Crippen molar-refractivity contribution in [2.75, 3.05) is 18.4 Å². The molecule has 41 heavy (non-hydrogen) atoms. The first-order chi connectivity index (χ1) is 19.5. The van der Waals surface area contributed by atoms with Gasteiger partial charge in [0.1, 0.15) is 24.1 Å². The van der Waals surface area contributed by atoms with Crippen molar-refractivity contribution in [1.82, 2.24) is 20.0 Å². The molecule has 0 aliphatic heterocycles. The summed E-state index contributed by atoms with van der Waals surface area (Å²) in [6.07, 6.45) is 3.56. The third-order valence-corrected chi connectivity index (χ3v) is 7.73. The van der Waals surface area contributed by atoms with Crippen LogP contribution in [-0.4, -0.2) is 57.7 Å². The van der Waals surface area contributed by atoms with E-state index in [2.05, 4.69) is 15.7 Å². The second-order valence-corrected chi connectivity index (χ2v) is 11.0. The number of nitrogens with zero attached hydrogens (tertiary/aromatic N) is 3. The number of amides is 3. The number of rotatable bonds is 11. The van der Waals surface area contributed by atoms with Crippen molar-refractivity contribution in [2.24, 2.45) is 11.8 Å². The number of aryl methyl sites for hydroxylation is 1. The molecule has 1 atom stereocenters. The van der Waals surface area contributed by atoms with E-state index in [-0.39, 0.29) is 36.1 Å². The highest BCUT2D eigenvalue weighted by Crippen LogP contribution is 2.31. The Labute approximate surface area is 236 Å². The average molecular weight is 580 g/mol. The molecule has 0 spiro atoms. The Kier molecular flexibility index (Phi) is 10.0. The van der Waals surface area contributed by atoms with Crippen LogP contribution in [0.4, 0.5) is 23.2 Å². The van der Waals surface area contributed by atoms with Gasteiger partial charge in [-0.15, -0.1) is 0 Å². The zero-order chi connectivity index (χ0) is 29.6. The molecular formula is C29H37F4N5O3. The molecule has 0 saturated heterocycles. The summed E-state index contributed by atoms with van der Waals surface area (Å²) in [5.74, 6) is -2.62. The van der Waals surface area contributed by atoms with Crippen LogP contribution in [0.3, 0.4) is 0 Å². The first-order valence-corrected chi connectivity index (χ1v) is 14.3. The maximum absolute atomic E-state index is 15.1. The molecule has 2 N–H and O–H groups in total. The van der Waals surface area contributed by atoms with Crippen molar-refractivity contribution in [3.05, 3.63) is 47.5 Å². The Hall–Kier alpha value is -3.44. The Balaban J connectivity index is 1.45. The minimum Gasteiger partial charge on any atom is -0.339 e. The van der Waals surface area contributed by atoms with Crippen molar-refractivity contribution in [1.29, 1.82) is 0 Å². The van der Waals surface area contributed by atoms with E-state index < -0.39 is 42.3 Å². The number of carbonyl (C=O) groups is 3. The van der Waals surface area contributed by atoms with Gasteiger partial charge in [-0.1, -0.05) is 31.7 Å². The van der Waals surface area contributed by atoms with Crippen LogP contribution in [0.5, 0.6) is 0 Å². The first kappa shape index (κ1) is 30.5. The minimum absolute atomic E-state index is 0.0300. The number of alkyl halides is 3. The Morgan fingerprint density at radius 2 is 1.78 bits per heavy atom. The summed E-state index contributed by atoms with van der Waals surface area (Å²) >= 11 is 0. The highest BCUT2D eigenvalue weighted by molar-refractivity contribution is 6.00. The minimum atomic E-state index is -4.52. The van der Waals surface area contributed by atoms with Gasteiger partial charge < -0.3 is 15.5 Å². The lowest BCUT2D eigenvalue weighted by Crippen LogP contribution is -2.49. The standard InChI is InChI=1S/C29H37F4N5O3/c1-2-38-24(13-14-34-38)27(40)36-26(21-7-5-3-4-6-8-21)28(41)35-23-12-11-20(15-22(23)30)16-25(39)37(17-19-9-10-19)18-29(31,32)33/h11-15,19,21,26H,2-10,16-18H2,1H3,(H,35,41)(H,36,40). The first-order valence-electron chi connectivity index (χ1n) is 14.3.